The summed E-state index contributed by atoms with van der Waals surface area (Å²) in [6, 6.07) is 22.8. The molecule has 0 radical (unpaired) electrons. The third-order valence-electron chi connectivity index (χ3n) is 6.78. The summed E-state index contributed by atoms with van der Waals surface area (Å²) in [4.78, 5) is 43.7. The average Bonchev–Trinajstić information content (AvgIpc) is 3.11. The fourth-order valence-electron chi connectivity index (χ4n) is 4.29. The molecule has 0 saturated heterocycles. The van der Waals surface area contributed by atoms with E-state index in [-0.39, 0.29) is 25.4 Å². The molecule has 0 aliphatic heterocycles. The molecule has 0 fully saturated rings. The van der Waals surface area contributed by atoms with E-state index in [0.717, 1.165) is 40.4 Å². The predicted molar refractivity (Wildman–Crippen MR) is 204 cm³/mol. The number of nitriles is 1. The third kappa shape index (κ3) is 13.4. The monoisotopic (exact) mass is 658 g/mol. The fourth-order valence-corrected chi connectivity index (χ4v) is 4.29. The van der Waals surface area contributed by atoms with Crippen molar-refractivity contribution in [1.82, 2.24) is 14.8 Å². The van der Waals surface area contributed by atoms with Crippen molar-refractivity contribution in [3.63, 3.8) is 0 Å². The number of urea groups is 1. The van der Waals surface area contributed by atoms with Gasteiger partial charge in [-0.1, -0.05) is 98.7 Å². The van der Waals surface area contributed by atoms with Crippen LogP contribution in [0, 0.1) is 11.3 Å². The highest BCUT2D eigenvalue weighted by atomic mass is 16.2. The smallest absolute Gasteiger partial charge is 0.321 e. The number of carbonyl (C=O) groups is 3. The van der Waals surface area contributed by atoms with Crippen LogP contribution in [-0.4, -0.2) is 66.9 Å². The van der Waals surface area contributed by atoms with E-state index in [9.17, 15) is 14.4 Å². The lowest BCUT2D eigenvalue weighted by Crippen LogP contribution is -2.43. The summed E-state index contributed by atoms with van der Waals surface area (Å²) in [6.45, 7) is 16.2. The van der Waals surface area contributed by atoms with E-state index in [0.29, 0.717) is 17.6 Å². The average molecular weight is 659 g/mol. The minimum absolute atomic E-state index is 0. The number of likely N-dealkylation sites (N-methyl/N-ethyl adjacent to an activating group) is 2. The largest absolute Gasteiger partial charge is 0.344 e. The van der Waals surface area contributed by atoms with Crippen LogP contribution >= 0.6 is 0 Å². The highest BCUT2D eigenvalue weighted by Gasteiger charge is 2.18. The molecule has 0 bridgehead atoms. The number of anilines is 2. The van der Waals surface area contributed by atoms with Gasteiger partial charge in [-0.2, -0.15) is 5.26 Å². The van der Waals surface area contributed by atoms with E-state index in [1.807, 2.05) is 83.1 Å². The Balaban J connectivity index is 0. The molecule has 9 heteroatoms. The Morgan fingerprint density at radius 3 is 2.04 bits per heavy atom. The number of rotatable bonds is 7. The number of hydrogen-bond acceptors (Lipinski definition) is 5. The summed E-state index contributed by atoms with van der Waals surface area (Å²) in [6.07, 6.45) is 4.48. The van der Waals surface area contributed by atoms with Gasteiger partial charge in [0, 0.05) is 57.6 Å². The van der Waals surface area contributed by atoms with Gasteiger partial charge in [-0.3, -0.25) is 14.6 Å². The van der Waals surface area contributed by atoms with E-state index in [2.05, 4.69) is 30.2 Å². The lowest BCUT2D eigenvalue weighted by molar-refractivity contribution is -0.119. The van der Waals surface area contributed by atoms with E-state index in [1.54, 1.807) is 60.2 Å². The molecule has 1 aromatic heterocycles. The van der Waals surface area contributed by atoms with Gasteiger partial charge < -0.3 is 20.0 Å². The molecule has 1 heterocycles. The van der Waals surface area contributed by atoms with Gasteiger partial charge in [0.25, 0.3) is 0 Å². The molecule has 1 atom stereocenters. The molecule has 262 valence electrons. The van der Waals surface area contributed by atoms with Gasteiger partial charge in [0.05, 0.1) is 22.5 Å². The normalized spacial score (nSPS) is 9.79. The van der Waals surface area contributed by atoms with Crippen molar-refractivity contribution in [1.29, 1.82) is 5.26 Å². The molecule has 1 N–H and O–H groups in total. The minimum atomic E-state index is -0.181. The number of nitrogens with one attached hydrogen (secondary N) is 1. The molecule has 48 heavy (non-hydrogen) atoms. The zero-order valence-corrected chi connectivity index (χ0v) is 30.2. The Morgan fingerprint density at radius 1 is 0.896 bits per heavy atom. The maximum atomic E-state index is 12.4. The Bertz CT molecular complexity index is 1560. The van der Waals surface area contributed by atoms with E-state index in [4.69, 9.17) is 5.26 Å². The highest BCUT2D eigenvalue weighted by molar-refractivity contribution is 6.03. The van der Waals surface area contributed by atoms with Crippen molar-refractivity contribution in [3.05, 3.63) is 78.5 Å². The second kappa shape index (κ2) is 25.2. The number of fused-ring (bicyclic) bond motifs is 2. The van der Waals surface area contributed by atoms with Crippen LogP contribution in [0.5, 0.6) is 0 Å². The van der Waals surface area contributed by atoms with E-state index < -0.39 is 0 Å². The van der Waals surface area contributed by atoms with Crippen molar-refractivity contribution >= 4 is 51.4 Å². The van der Waals surface area contributed by atoms with Crippen LogP contribution in [0.3, 0.4) is 0 Å². The van der Waals surface area contributed by atoms with Gasteiger partial charge in [0.15, 0.2) is 0 Å². The van der Waals surface area contributed by atoms with Gasteiger partial charge in [0.1, 0.15) is 6.07 Å². The lowest BCUT2D eigenvalue weighted by Gasteiger charge is -2.28. The van der Waals surface area contributed by atoms with E-state index in [1.165, 1.54) is 13.3 Å². The third-order valence-corrected chi connectivity index (χ3v) is 6.78. The zero-order valence-electron chi connectivity index (χ0n) is 30.2. The molecule has 0 saturated carbocycles. The molecule has 3 aromatic carbocycles. The van der Waals surface area contributed by atoms with Crippen LogP contribution in [-0.2, 0) is 9.59 Å². The van der Waals surface area contributed by atoms with Gasteiger partial charge in [-0.15, -0.1) is 0 Å². The number of nitrogens with zero attached hydrogens (tertiary/aromatic N) is 5. The zero-order chi connectivity index (χ0) is 35.9. The molecule has 1 unspecified atom stereocenters. The molecule has 0 spiro atoms. The Labute approximate surface area is 289 Å². The number of aromatic nitrogens is 1. The van der Waals surface area contributed by atoms with Gasteiger partial charge in [-0.25, -0.2) is 4.79 Å². The quantitative estimate of drug-likeness (QED) is 0.199. The maximum Gasteiger partial charge on any atom is 0.321 e. The number of hydrogen-bond donors (Lipinski definition) is 1. The lowest BCUT2D eigenvalue weighted by atomic mass is 10.1. The Morgan fingerprint density at radius 2 is 1.48 bits per heavy atom. The summed E-state index contributed by atoms with van der Waals surface area (Å²) in [5.41, 5.74) is 2.69. The van der Waals surface area contributed by atoms with Crippen LogP contribution in [0.1, 0.15) is 81.2 Å². The Hall–Kier alpha value is -4.97. The summed E-state index contributed by atoms with van der Waals surface area (Å²) in [5, 5.41) is 14.9. The minimum Gasteiger partial charge on any atom is -0.344 e. The molecular weight excluding hydrogens is 600 g/mol. The molecule has 0 aliphatic carbocycles. The van der Waals surface area contributed by atoms with Crippen LogP contribution in [0.25, 0.3) is 21.7 Å². The maximum absolute atomic E-state index is 12.4. The first-order valence-electron chi connectivity index (χ1n) is 16.3. The first-order chi connectivity index (χ1) is 22.6. The van der Waals surface area contributed by atoms with Crippen molar-refractivity contribution in [2.75, 3.05) is 37.9 Å². The second-order valence-electron chi connectivity index (χ2n) is 10.1. The molecule has 4 aromatic rings. The van der Waals surface area contributed by atoms with Crippen molar-refractivity contribution in [2.45, 2.75) is 81.7 Å². The van der Waals surface area contributed by atoms with Gasteiger partial charge in [-0.05, 0) is 42.1 Å². The van der Waals surface area contributed by atoms with Crippen molar-refractivity contribution in [2.24, 2.45) is 0 Å². The first kappa shape index (κ1) is 45.2. The van der Waals surface area contributed by atoms with Crippen LogP contribution in [0.2, 0.25) is 0 Å². The second-order valence-corrected chi connectivity index (χ2v) is 10.1. The summed E-state index contributed by atoms with van der Waals surface area (Å²) >= 11 is 0. The van der Waals surface area contributed by atoms with Crippen molar-refractivity contribution in [3.8, 4) is 6.07 Å². The molecule has 4 rings (SSSR count). The van der Waals surface area contributed by atoms with Crippen molar-refractivity contribution < 1.29 is 14.4 Å². The SMILES string of the molecule is C.CC.CC.CC(=O)N(C)c1ccc(C#N)c2ncccc12.CCC.CCC(CN(C)C(=O)Nc1cccc2ccccc12)N(C)C=O. The standard InChI is InChI=1S/C18H23N3O2.C13H11N3O.C3H8.2C2H6.CH4/c1-4-15(21(3)13-22)12-20(2)18(23)19-17-11-7-9-14-8-5-6-10-16(14)17;1-9(17)16(2)12-6-5-10(8-14)13-11(12)4-3-7-15-13;1-3-2;2*1-2;/h5-11,13,15H,4,12H2,1-3H3,(H,19,23);3-7H,1-2H3;3H2,1-2H3;2*1-2H3;1H4. The van der Waals surface area contributed by atoms with Crippen LogP contribution in [0.15, 0.2) is 72.9 Å². The van der Waals surface area contributed by atoms with Crippen LogP contribution in [0.4, 0.5) is 16.2 Å². The van der Waals surface area contributed by atoms with E-state index >= 15 is 0 Å². The van der Waals surface area contributed by atoms with Gasteiger partial charge in [0.2, 0.25) is 12.3 Å². The fraction of sp³-hybridized carbons (Fsp3) is 0.410. The predicted octanol–water partition coefficient (Wildman–Crippen LogP) is 9.36. The molecule has 0 aliphatic rings. The summed E-state index contributed by atoms with van der Waals surface area (Å²) in [5.74, 6) is -0.0557. The van der Waals surface area contributed by atoms with Crippen LogP contribution < -0.4 is 10.2 Å². The topological polar surface area (TPSA) is 110 Å². The summed E-state index contributed by atoms with van der Waals surface area (Å²) < 4.78 is 0. The molecule has 9 nitrogen and oxygen atoms in total. The first-order valence-corrected chi connectivity index (χ1v) is 16.3. The highest BCUT2D eigenvalue weighted by Crippen LogP contribution is 2.27. The number of carbonyl (C=O) groups excluding carboxylic acids is 3. The number of benzene rings is 3. The molecular formula is C39H58N6O3. The molecule has 4 amide bonds. The Kier molecular flexibility index (Phi) is 23.7. The summed E-state index contributed by atoms with van der Waals surface area (Å²) in [7, 11) is 5.18. The van der Waals surface area contributed by atoms with Gasteiger partial charge >= 0.3 is 6.03 Å². The number of amides is 4. The number of pyridine rings is 1.